The lowest BCUT2D eigenvalue weighted by atomic mass is 10.0. The van der Waals surface area contributed by atoms with E-state index < -0.39 is 23.6 Å². The molecular weight excluding hydrogens is 376 g/mol. The van der Waals surface area contributed by atoms with Crippen molar-refractivity contribution in [1.82, 2.24) is 15.1 Å². The Balaban J connectivity index is 2.21. The van der Waals surface area contributed by atoms with Crippen LogP contribution in [-0.2, 0) is 23.0 Å². The Kier molecular flexibility index (Phi) is 6.63. The van der Waals surface area contributed by atoms with Crippen LogP contribution in [0.25, 0.3) is 11.1 Å². The van der Waals surface area contributed by atoms with Crippen molar-refractivity contribution < 1.29 is 19.1 Å². The predicted molar refractivity (Wildman–Crippen MR) is 108 cm³/mol. The van der Waals surface area contributed by atoms with Gasteiger partial charge in [0.25, 0.3) is 5.56 Å². The van der Waals surface area contributed by atoms with Crippen LogP contribution in [0.5, 0.6) is 5.75 Å². The first-order valence-electron chi connectivity index (χ1n) is 9.00. The number of hydrogen-bond donors (Lipinski definition) is 2. The molecule has 0 saturated carbocycles. The molecule has 3 N–H and O–H groups in total. The van der Waals surface area contributed by atoms with Crippen molar-refractivity contribution in [3.05, 3.63) is 46.4 Å². The van der Waals surface area contributed by atoms with E-state index in [-0.39, 0.29) is 12.0 Å². The summed E-state index contributed by atoms with van der Waals surface area (Å²) < 4.78 is 11.6. The number of carbonyl (C=O) groups excluding carboxylic acids is 2. The molecule has 0 bridgehead atoms. The summed E-state index contributed by atoms with van der Waals surface area (Å²) in [6.07, 6.45) is 0.932. The fourth-order valence-electron chi connectivity index (χ4n) is 2.66. The molecule has 9 heteroatoms. The van der Waals surface area contributed by atoms with Gasteiger partial charge in [-0.15, -0.1) is 0 Å². The Morgan fingerprint density at radius 1 is 1.24 bits per heavy atom. The molecule has 29 heavy (non-hydrogen) atoms. The van der Waals surface area contributed by atoms with Gasteiger partial charge in [-0.3, -0.25) is 9.59 Å². The monoisotopic (exact) mass is 402 g/mol. The number of primary amides is 1. The maximum Gasteiger partial charge on any atom is 0.408 e. The van der Waals surface area contributed by atoms with Crippen molar-refractivity contribution in [2.24, 2.45) is 12.8 Å². The van der Waals surface area contributed by atoms with Crippen molar-refractivity contribution in [3.63, 3.8) is 0 Å². The molecule has 0 aliphatic heterocycles. The minimum absolute atomic E-state index is 0.181. The molecule has 1 aromatic heterocycles. The van der Waals surface area contributed by atoms with Gasteiger partial charge in [-0.25, -0.2) is 9.48 Å². The molecule has 0 aliphatic carbocycles. The van der Waals surface area contributed by atoms with Crippen LogP contribution in [0, 0.1) is 0 Å². The lowest BCUT2D eigenvalue weighted by molar-refractivity contribution is -0.120. The number of rotatable bonds is 6. The number of amides is 2. The summed E-state index contributed by atoms with van der Waals surface area (Å²) >= 11 is 0. The van der Waals surface area contributed by atoms with Gasteiger partial charge in [0.05, 0.1) is 18.9 Å². The average Bonchev–Trinajstić information content (AvgIpc) is 2.62. The molecule has 2 rings (SSSR count). The van der Waals surface area contributed by atoms with Gasteiger partial charge in [0.1, 0.15) is 11.6 Å². The number of aromatic nitrogens is 2. The van der Waals surface area contributed by atoms with Gasteiger partial charge in [0.15, 0.2) is 5.75 Å². The zero-order chi connectivity index (χ0) is 21.8. The van der Waals surface area contributed by atoms with Crippen LogP contribution in [0.3, 0.4) is 0 Å². The highest BCUT2D eigenvalue weighted by Gasteiger charge is 2.23. The summed E-state index contributed by atoms with van der Waals surface area (Å²) in [4.78, 5) is 36.1. The number of nitrogens with zero attached hydrogens (tertiary/aromatic N) is 2. The minimum Gasteiger partial charge on any atom is -0.494 e. The highest BCUT2D eigenvalue weighted by molar-refractivity contribution is 5.84. The second kappa shape index (κ2) is 8.76. The summed E-state index contributed by atoms with van der Waals surface area (Å²) in [6, 6.07) is 6.04. The first-order valence-corrected chi connectivity index (χ1v) is 9.00. The van der Waals surface area contributed by atoms with Gasteiger partial charge in [-0.05, 0) is 31.9 Å². The fraction of sp³-hybridized carbons (Fsp3) is 0.400. The van der Waals surface area contributed by atoms with Crippen LogP contribution in [-0.4, -0.2) is 40.5 Å². The molecule has 0 unspecified atom stereocenters. The van der Waals surface area contributed by atoms with E-state index in [1.54, 1.807) is 52.1 Å². The summed E-state index contributed by atoms with van der Waals surface area (Å²) in [7, 11) is 3.02. The van der Waals surface area contributed by atoms with E-state index in [0.717, 1.165) is 5.56 Å². The Morgan fingerprint density at radius 2 is 1.86 bits per heavy atom. The highest BCUT2D eigenvalue weighted by atomic mass is 16.6. The molecule has 1 aromatic carbocycles. The third-order valence-corrected chi connectivity index (χ3v) is 4.04. The van der Waals surface area contributed by atoms with Gasteiger partial charge in [0, 0.05) is 13.5 Å². The highest BCUT2D eigenvalue weighted by Crippen LogP contribution is 2.25. The zero-order valence-electron chi connectivity index (χ0n) is 17.2. The molecule has 2 aromatic rings. The van der Waals surface area contributed by atoms with Gasteiger partial charge in [0.2, 0.25) is 5.91 Å². The van der Waals surface area contributed by atoms with Crippen molar-refractivity contribution in [2.45, 2.75) is 38.8 Å². The van der Waals surface area contributed by atoms with Crippen molar-refractivity contribution in [1.29, 1.82) is 0 Å². The Morgan fingerprint density at radius 3 is 2.38 bits per heavy atom. The lowest BCUT2D eigenvalue weighted by Gasteiger charge is -2.22. The largest absolute Gasteiger partial charge is 0.494 e. The maximum absolute atomic E-state index is 12.4. The maximum atomic E-state index is 12.4. The molecule has 0 fully saturated rings. The van der Waals surface area contributed by atoms with Crippen molar-refractivity contribution in [2.75, 3.05) is 7.11 Å². The van der Waals surface area contributed by atoms with E-state index in [9.17, 15) is 14.4 Å². The SMILES string of the molecule is COc1cnn(C)c(=O)c1-c1ccc(C[C@H](NC(=O)OC(C)(C)C)C(N)=O)cc1. The number of nitrogens with two attached hydrogens (primary N) is 1. The smallest absolute Gasteiger partial charge is 0.408 e. The van der Waals surface area contributed by atoms with Gasteiger partial charge in [-0.1, -0.05) is 24.3 Å². The molecule has 0 radical (unpaired) electrons. The molecule has 9 nitrogen and oxygen atoms in total. The topological polar surface area (TPSA) is 126 Å². The van der Waals surface area contributed by atoms with Crippen LogP contribution in [0.15, 0.2) is 35.3 Å². The fourth-order valence-corrected chi connectivity index (χ4v) is 2.66. The normalized spacial score (nSPS) is 12.2. The van der Waals surface area contributed by atoms with E-state index >= 15 is 0 Å². The minimum atomic E-state index is -0.931. The molecule has 0 spiro atoms. The van der Waals surface area contributed by atoms with Gasteiger partial charge < -0.3 is 20.5 Å². The summed E-state index contributed by atoms with van der Waals surface area (Å²) in [5.74, 6) is -0.313. The Labute approximate surface area is 168 Å². The molecule has 156 valence electrons. The number of carbonyl (C=O) groups is 2. The summed E-state index contributed by atoms with van der Waals surface area (Å²) in [5.41, 5.74) is 6.21. The number of alkyl carbamates (subject to hydrolysis) is 1. The van der Waals surface area contributed by atoms with E-state index in [4.69, 9.17) is 15.2 Å². The quantitative estimate of drug-likeness (QED) is 0.752. The third kappa shape index (κ3) is 5.81. The lowest BCUT2D eigenvalue weighted by Crippen LogP contribution is -2.47. The van der Waals surface area contributed by atoms with Crippen LogP contribution in [0.4, 0.5) is 4.79 Å². The number of ether oxygens (including phenoxy) is 2. The predicted octanol–water partition coefficient (Wildman–Crippen LogP) is 1.38. The molecule has 2 amide bonds. The second-order valence-electron chi connectivity index (χ2n) is 7.52. The summed E-state index contributed by atoms with van der Waals surface area (Å²) in [6.45, 7) is 5.17. The van der Waals surface area contributed by atoms with Crippen molar-refractivity contribution in [3.8, 4) is 16.9 Å². The second-order valence-corrected chi connectivity index (χ2v) is 7.52. The average molecular weight is 402 g/mol. The third-order valence-electron chi connectivity index (χ3n) is 4.04. The molecule has 0 saturated heterocycles. The zero-order valence-corrected chi connectivity index (χ0v) is 17.2. The molecule has 0 aliphatic rings. The van der Waals surface area contributed by atoms with Crippen molar-refractivity contribution >= 4 is 12.0 Å². The number of hydrogen-bond acceptors (Lipinski definition) is 6. The number of methoxy groups -OCH3 is 1. The molecule has 1 atom stereocenters. The van der Waals surface area contributed by atoms with E-state index in [1.165, 1.54) is 18.0 Å². The first kappa shape index (κ1) is 21.9. The first-order chi connectivity index (χ1) is 13.5. The van der Waals surface area contributed by atoms with Crippen LogP contribution >= 0.6 is 0 Å². The standard InChI is InChI=1S/C20H26N4O5/c1-20(2,3)29-19(27)23-14(17(21)25)10-12-6-8-13(9-7-12)16-15(28-5)11-22-24(4)18(16)26/h6-9,11,14H,10H2,1-5H3,(H2,21,25)(H,23,27)/t14-/m0/s1. The molecular formula is C20H26N4O5. The number of nitrogens with one attached hydrogen (secondary N) is 1. The van der Waals surface area contributed by atoms with Crippen LogP contribution < -0.4 is 21.3 Å². The Bertz CT molecular complexity index is 945. The van der Waals surface area contributed by atoms with Gasteiger partial charge >= 0.3 is 6.09 Å². The summed E-state index contributed by atoms with van der Waals surface area (Å²) in [5, 5.41) is 6.43. The molecule has 1 heterocycles. The Hall–Kier alpha value is -3.36. The van der Waals surface area contributed by atoms with Crippen LogP contribution in [0.1, 0.15) is 26.3 Å². The number of benzene rings is 1. The number of aryl methyl sites for hydroxylation is 1. The van der Waals surface area contributed by atoms with E-state index in [2.05, 4.69) is 10.4 Å². The van der Waals surface area contributed by atoms with E-state index in [0.29, 0.717) is 16.9 Å². The van der Waals surface area contributed by atoms with Gasteiger partial charge in [-0.2, -0.15) is 5.10 Å². The van der Waals surface area contributed by atoms with Crippen LogP contribution in [0.2, 0.25) is 0 Å². The van der Waals surface area contributed by atoms with E-state index in [1.807, 2.05) is 0 Å².